The van der Waals surface area contributed by atoms with Crippen molar-refractivity contribution in [3.63, 3.8) is 0 Å². The van der Waals surface area contributed by atoms with Gasteiger partial charge in [0.1, 0.15) is 0 Å². The highest BCUT2D eigenvalue weighted by Gasteiger charge is 2.05. The number of rotatable bonds is 9. The first kappa shape index (κ1) is 18.3. The lowest BCUT2D eigenvalue weighted by Gasteiger charge is -2.11. The first-order valence-corrected chi connectivity index (χ1v) is 9.19. The molecule has 5 heteroatoms. The SMILES string of the molecule is Cc1cccc(-c2cc(CNCCS)nc(CNCCS)c2)c1. The van der Waals surface area contributed by atoms with Gasteiger partial charge in [0.15, 0.2) is 0 Å². The van der Waals surface area contributed by atoms with Crippen LogP contribution >= 0.6 is 25.3 Å². The molecule has 3 nitrogen and oxygen atoms in total. The van der Waals surface area contributed by atoms with Crippen LogP contribution in [0, 0.1) is 6.92 Å². The number of benzene rings is 1. The highest BCUT2D eigenvalue weighted by atomic mass is 32.1. The van der Waals surface area contributed by atoms with Crippen LogP contribution in [0.3, 0.4) is 0 Å². The highest BCUT2D eigenvalue weighted by molar-refractivity contribution is 7.80. The van der Waals surface area contributed by atoms with E-state index in [1.807, 2.05) is 0 Å². The predicted octanol–water partition coefficient (Wildman–Crippen LogP) is 3.10. The van der Waals surface area contributed by atoms with Gasteiger partial charge in [0.25, 0.3) is 0 Å². The summed E-state index contributed by atoms with van der Waals surface area (Å²) in [5.41, 5.74) is 5.85. The van der Waals surface area contributed by atoms with Crippen molar-refractivity contribution >= 4 is 25.3 Å². The number of hydrogen-bond acceptors (Lipinski definition) is 5. The molecule has 0 aliphatic rings. The summed E-state index contributed by atoms with van der Waals surface area (Å²) in [6.45, 7) is 5.41. The summed E-state index contributed by atoms with van der Waals surface area (Å²) in [4.78, 5) is 4.75. The fourth-order valence-corrected chi connectivity index (χ4v) is 2.73. The monoisotopic (exact) mass is 347 g/mol. The van der Waals surface area contributed by atoms with E-state index < -0.39 is 0 Å². The Morgan fingerprint density at radius 3 is 2.00 bits per heavy atom. The molecular weight excluding hydrogens is 322 g/mol. The van der Waals surface area contributed by atoms with E-state index in [9.17, 15) is 0 Å². The van der Waals surface area contributed by atoms with Crippen molar-refractivity contribution in [2.45, 2.75) is 20.0 Å². The van der Waals surface area contributed by atoms with E-state index in [0.29, 0.717) is 0 Å². The van der Waals surface area contributed by atoms with Gasteiger partial charge in [-0.15, -0.1) is 0 Å². The van der Waals surface area contributed by atoms with E-state index in [4.69, 9.17) is 4.98 Å². The van der Waals surface area contributed by atoms with Gasteiger partial charge in [-0.25, -0.2) is 0 Å². The Kier molecular flexibility index (Phi) is 7.95. The number of aryl methyl sites for hydroxylation is 1. The largest absolute Gasteiger partial charge is 0.310 e. The quantitative estimate of drug-likeness (QED) is 0.416. The molecule has 0 fully saturated rings. The Hall–Kier alpha value is -1.01. The Balaban J connectivity index is 2.24. The minimum atomic E-state index is 0.764. The lowest BCUT2D eigenvalue weighted by molar-refractivity contribution is 0.688. The predicted molar refractivity (Wildman–Crippen MR) is 106 cm³/mol. The Bertz CT molecular complexity index is 589. The zero-order valence-electron chi connectivity index (χ0n) is 13.5. The molecule has 0 aliphatic heterocycles. The molecule has 2 aromatic rings. The van der Waals surface area contributed by atoms with E-state index in [1.54, 1.807) is 0 Å². The second-order valence-corrected chi connectivity index (χ2v) is 6.40. The van der Waals surface area contributed by atoms with Crippen LogP contribution < -0.4 is 10.6 Å². The molecule has 1 heterocycles. The summed E-state index contributed by atoms with van der Waals surface area (Å²) in [5, 5.41) is 6.73. The normalized spacial score (nSPS) is 10.9. The summed E-state index contributed by atoms with van der Waals surface area (Å²) >= 11 is 8.47. The van der Waals surface area contributed by atoms with Crippen LogP contribution in [-0.4, -0.2) is 29.6 Å². The molecule has 2 N–H and O–H groups in total. The number of nitrogens with zero attached hydrogens (tertiary/aromatic N) is 1. The van der Waals surface area contributed by atoms with Gasteiger partial charge in [0, 0.05) is 37.7 Å². The van der Waals surface area contributed by atoms with Crippen molar-refractivity contribution in [2.24, 2.45) is 0 Å². The molecule has 0 atom stereocenters. The summed E-state index contributed by atoms with van der Waals surface area (Å²) in [5.74, 6) is 1.65. The standard InChI is InChI=1S/C18H25N3S2/c1-14-3-2-4-15(9-14)16-10-17(12-19-5-7-22)21-18(11-16)13-20-6-8-23/h2-4,9-11,19-20,22-23H,5-8,12-13H2,1H3. The van der Waals surface area contributed by atoms with Crippen molar-refractivity contribution in [1.82, 2.24) is 15.6 Å². The molecule has 124 valence electrons. The zero-order valence-corrected chi connectivity index (χ0v) is 15.3. The van der Waals surface area contributed by atoms with E-state index in [1.165, 1.54) is 16.7 Å². The Morgan fingerprint density at radius 1 is 0.870 bits per heavy atom. The lowest BCUT2D eigenvalue weighted by atomic mass is 10.0. The molecule has 0 saturated heterocycles. The molecule has 0 unspecified atom stereocenters. The van der Waals surface area contributed by atoms with E-state index in [-0.39, 0.29) is 0 Å². The van der Waals surface area contributed by atoms with Crippen molar-refractivity contribution in [3.05, 3.63) is 53.3 Å². The van der Waals surface area contributed by atoms with E-state index in [0.717, 1.165) is 49.1 Å². The topological polar surface area (TPSA) is 37.0 Å². The van der Waals surface area contributed by atoms with Crippen LogP contribution in [0.5, 0.6) is 0 Å². The summed E-state index contributed by atoms with van der Waals surface area (Å²) in [6, 6.07) is 12.9. The molecule has 0 aliphatic carbocycles. The van der Waals surface area contributed by atoms with Gasteiger partial charge in [-0.1, -0.05) is 29.8 Å². The maximum atomic E-state index is 4.75. The van der Waals surface area contributed by atoms with Crippen LogP contribution in [-0.2, 0) is 13.1 Å². The average Bonchev–Trinajstić information content (AvgIpc) is 2.55. The van der Waals surface area contributed by atoms with E-state index >= 15 is 0 Å². The van der Waals surface area contributed by atoms with E-state index in [2.05, 4.69) is 79.2 Å². The second kappa shape index (κ2) is 9.98. The van der Waals surface area contributed by atoms with Crippen LogP contribution in [0.25, 0.3) is 11.1 Å². The van der Waals surface area contributed by atoms with Crippen LogP contribution in [0.2, 0.25) is 0 Å². The number of hydrogen-bond donors (Lipinski definition) is 4. The second-order valence-electron chi connectivity index (χ2n) is 5.51. The molecule has 2 rings (SSSR count). The van der Waals surface area contributed by atoms with Gasteiger partial charge >= 0.3 is 0 Å². The Morgan fingerprint density at radius 2 is 1.48 bits per heavy atom. The van der Waals surface area contributed by atoms with Crippen molar-refractivity contribution in [1.29, 1.82) is 0 Å². The fraction of sp³-hybridized carbons (Fsp3) is 0.389. The molecule has 1 aromatic heterocycles. The van der Waals surface area contributed by atoms with Gasteiger partial charge in [-0.05, 0) is 30.2 Å². The minimum Gasteiger partial charge on any atom is -0.310 e. The highest BCUT2D eigenvalue weighted by Crippen LogP contribution is 2.22. The third kappa shape index (κ3) is 6.18. The molecular formula is C18H25N3S2. The van der Waals surface area contributed by atoms with Crippen LogP contribution in [0.4, 0.5) is 0 Å². The molecule has 1 aromatic carbocycles. The maximum absolute atomic E-state index is 4.75. The van der Waals surface area contributed by atoms with Crippen LogP contribution in [0.15, 0.2) is 36.4 Å². The summed E-state index contributed by atoms with van der Waals surface area (Å²) in [7, 11) is 0. The fourth-order valence-electron chi connectivity index (χ4n) is 2.41. The maximum Gasteiger partial charge on any atom is 0.0551 e. The van der Waals surface area contributed by atoms with Crippen LogP contribution in [0.1, 0.15) is 17.0 Å². The number of thiol groups is 2. The molecule has 0 radical (unpaired) electrons. The van der Waals surface area contributed by atoms with Gasteiger partial charge in [0.05, 0.1) is 11.4 Å². The average molecular weight is 348 g/mol. The number of aromatic nitrogens is 1. The third-order valence-corrected chi connectivity index (χ3v) is 3.92. The number of pyridine rings is 1. The Labute approximate surface area is 150 Å². The number of nitrogens with one attached hydrogen (secondary N) is 2. The van der Waals surface area contributed by atoms with Crippen molar-refractivity contribution < 1.29 is 0 Å². The molecule has 23 heavy (non-hydrogen) atoms. The minimum absolute atomic E-state index is 0.764. The van der Waals surface area contributed by atoms with Gasteiger partial charge in [-0.2, -0.15) is 25.3 Å². The zero-order chi connectivity index (χ0) is 16.5. The lowest BCUT2D eigenvalue weighted by Crippen LogP contribution is -2.19. The van der Waals surface area contributed by atoms with Crippen molar-refractivity contribution in [2.75, 3.05) is 24.6 Å². The smallest absolute Gasteiger partial charge is 0.0551 e. The van der Waals surface area contributed by atoms with Gasteiger partial charge in [-0.3, -0.25) is 4.98 Å². The van der Waals surface area contributed by atoms with Gasteiger partial charge < -0.3 is 10.6 Å². The molecule has 0 amide bonds. The molecule has 0 saturated carbocycles. The van der Waals surface area contributed by atoms with Gasteiger partial charge in [0.2, 0.25) is 0 Å². The summed E-state index contributed by atoms with van der Waals surface area (Å²) in [6.07, 6.45) is 0. The summed E-state index contributed by atoms with van der Waals surface area (Å²) < 4.78 is 0. The van der Waals surface area contributed by atoms with Crippen molar-refractivity contribution in [3.8, 4) is 11.1 Å². The molecule has 0 spiro atoms. The molecule has 0 bridgehead atoms. The third-order valence-electron chi connectivity index (χ3n) is 3.47. The first-order valence-electron chi connectivity index (χ1n) is 7.93. The first-order chi connectivity index (χ1) is 11.2.